The molecule has 0 aromatic carbocycles. The van der Waals surface area contributed by atoms with Gasteiger partial charge in [-0.1, -0.05) is 0 Å². The number of rotatable bonds is 4. The maximum absolute atomic E-state index is 11.3. The summed E-state index contributed by atoms with van der Waals surface area (Å²) in [6.07, 6.45) is 4.20. The van der Waals surface area contributed by atoms with Crippen molar-refractivity contribution < 1.29 is 9.53 Å². The van der Waals surface area contributed by atoms with Gasteiger partial charge in [0.25, 0.3) is 0 Å². The Bertz CT molecular complexity index is 253. The average Bonchev–Trinajstić information content (AvgIpc) is 3.02. The molecule has 4 heteroatoms. The zero-order valence-electron chi connectivity index (χ0n) is 9.58. The maximum Gasteiger partial charge on any atom is 0.307 e. The van der Waals surface area contributed by atoms with Crippen molar-refractivity contribution in [1.29, 1.82) is 0 Å². The standard InChI is InChI=1S/C11H20N2O2/c1-12-11(7-10(14)15-2)5-6-13(8-11)9-3-4-9/h9,12H,3-8H2,1-2H3. The number of methoxy groups -OCH3 is 1. The summed E-state index contributed by atoms with van der Waals surface area (Å²) in [5, 5.41) is 3.31. The first-order valence-electron chi connectivity index (χ1n) is 5.69. The van der Waals surface area contributed by atoms with Crippen LogP contribution in [0.3, 0.4) is 0 Å². The lowest BCUT2D eigenvalue weighted by Crippen LogP contribution is -2.47. The van der Waals surface area contributed by atoms with E-state index in [-0.39, 0.29) is 11.5 Å². The quantitative estimate of drug-likeness (QED) is 0.684. The molecular formula is C11H20N2O2. The van der Waals surface area contributed by atoms with Crippen molar-refractivity contribution in [2.45, 2.75) is 37.3 Å². The van der Waals surface area contributed by atoms with E-state index in [1.165, 1.54) is 20.0 Å². The van der Waals surface area contributed by atoms with Crippen LogP contribution in [0, 0.1) is 0 Å². The largest absolute Gasteiger partial charge is 0.469 e. The maximum atomic E-state index is 11.3. The normalized spacial score (nSPS) is 31.9. The van der Waals surface area contributed by atoms with E-state index >= 15 is 0 Å². The fraction of sp³-hybridized carbons (Fsp3) is 0.909. The fourth-order valence-corrected chi connectivity index (χ4v) is 2.44. The van der Waals surface area contributed by atoms with Gasteiger partial charge in [0, 0.05) is 24.7 Å². The van der Waals surface area contributed by atoms with Crippen molar-refractivity contribution in [2.24, 2.45) is 0 Å². The lowest BCUT2D eigenvalue weighted by atomic mass is 9.94. The fourth-order valence-electron chi connectivity index (χ4n) is 2.44. The number of carbonyl (C=O) groups excluding carboxylic acids is 1. The van der Waals surface area contributed by atoms with Crippen LogP contribution < -0.4 is 5.32 Å². The molecule has 1 N–H and O–H groups in total. The third kappa shape index (κ3) is 2.32. The molecule has 0 aromatic heterocycles. The lowest BCUT2D eigenvalue weighted by Gasteiger charge is -2.28. The van der Waals surface area contributed by atoms with Crippen molar-refractivity contribution in [3.05, 3.63) is 0 Å². The van der Waals surface area contributed by atoms with Gasteiger partial charge in [0.2, 0.25) is 0 Å². The molecule has 15 heavy (non-hydrogen) atoms. The second-order valence-electron chi connectivity index (χ2n) is 4.73. The molecule has 1 atom stereocenters. The molecule has 0 aromatic rings. The Morgan fingerprint density at radius 3 is 2.87 bits per heavy atom. The lowest BCUT2D eigenvalue weighted by molar-refractivity contribution is -0.142. The van der Waals surface area contributed by atoms with Gasteiger partial charge in [0.15, 0.2) is 0 Å². The molecule has 2 fully saturated rings. The van der Waals surface area contributed by atoms with Crippen LogP contribution in [0.4, 0.5) is 0 Å². The molecule has 1 heterocycles. The van der Waals surface area contributed by atoms with Gasteiger partial charge in [0.05, 0.1) is 13.5 Å². The summed E-state index contributed by atoms with van der Waals surface area (Å²) < 4.78 is 4.75. The second-order valence-corrected chi connectivity index (χ2v) is 4.73. The SMILES string of the molecule is CNC1(CC(=O)OC)CCN(C2CC2)C1. The van der Waals surface area contributed by atoms with Crippen molar-refractivity contribution in [1.82, 2.24) is 10.2 Å². The number of likely N-dealkylation sites (tertiary alicyclic amines) is 1. The molecule has 4 nitrogen and oxygen atoms in total. The zero-order chi connectivity index (χ0) is 10.9. The molecule has 1 saturated heterocycles. The predicted octanol–water partition coefficient (Wildman–Crippen LogP) is 0.376. The molecule has 0 bridgehead atoms. The van der Waals surface area contributed by atoms with E-state index in [9.17, 15) is 4.79 Å². The Kier molecular flexibility index (Phi) is 2.98. The van der Waals surface area contributed by atoms with Crippen LogP contribution in [-0.2, 0) is 9.53 Å². The van der Waals surface area contributed by atoms with Crippen molar-refractivity contribution in [2.75, 3.05) is 27.2 Å². The summed E-state index contributed by atoms with van der Waals surface area (Å²) in [5.41, 5.74) is -0.0459. The van der Waals surface area contributed by atoms with Gasteiger partial charge in [-0.15, -0.1) is 0 Å². The van der Waals surface area contributed by atoms with Crippen LogP contribution in [0.1, 0.15) is 25.7 Å². The number of esters is 1. The first-order valence-corrected chi connectivity index (χ1v) is 5.69. The summed E-state index contributed by atoms with van der Waals surface area (Å²) >= 11 is 0. The van der Waals surface area contributed by atoms with E-state index in [0.29, 0.717) is 6.42 Å². The first kappa shape index (κ1) is 10.9. The topological polar surface area (TPSA) is 41.6 Å². The zero-order valence-corrected chi connectivity index (χ0v) is 9.58. The number of hydrogen-bond acceptors (Lipinski definition) is 4. The number of carbonyl (C=O) groups is 1. The number of hydrogen-bond donors (Lipinski definition) is 1. The Morgan fingerprint density at radius 2 is 2.33 bits per heavy atom. The minimum Gasteiger partial charge on any atom is -0.469 e. The molecule has 0 radical (unpaired) electrons. The summed E-state index contributed by atoms with van der Waals surface area (Å²) in [4.78, 5) is 13.8. The Hall–Kier alpha value is -0.610. The average molecular weight is 212 g/mol. The minimum atomic E-state index is -0.109. The summed E-state index contributed by atoms with van der Waals surface area (Å²) in [7, 11) is 3.40. The van der Waals surface area contributed by atoms with Gasteiger partial charge in [-0.05, 0) is 26.3 Å². The minimum absolute atomic E-state index is 0.0459. The monoisotopic (exact) mass is 212 g/mol. The van der Waals surface area contributed by atoms with Crippen molar-refractivity contribution >= 4 is 5.97 Å². The third-order valence-corrected chi connectivity index (χ3v) is 3.69. The Morgan fingerprint density at radius 1 is 1.60 bits per heavy atom. The van der Waals surface area contributed by atoms with Gasteiger partial charge in [-0.25, -0.2) is 0 Å². The van der Waals surface area contributed by atoms with Crippen LogP contribution in [-0.4, -0.2) is 49.7 Å². The van der Waals surface area contributed by atoms with Gasteiger partial charge < -0.3 is 10.1 Å². The molecule has 2 rings (SSSR count). The van der Waals surface area contributed by atoms with Crippen LogP contribution in [0.5, 0.6) is 0 Å². The van der Waals surface area contributed by atoms with Crippen molar-refractivity contribution in [3.8, 4) is 0 Å². The van der Waals surface area contributed by atoms with Gasteiger partial charge in [-0.3, -0.25) is 9.69 Å². The molecule has 1 aliphatic carbocycles. The smallest absolute Gasteiger partial charge is 0.307 e. The second kappa shape index (κ2) is 4.10. The number of ether oxygens (including phenoxy) is 1. The molecule has 0 spiro atoms. The summed E-state index contributed by atoms with van der Waals surface area (Å²) in [5.74, 6) is -0.109. The van der Waals surface area contributed by atoms with Crippen LogP contribution >= 0.6 is 0 Å². The van der Waals surface area contributed by atoms with E-state index in [4.69, 9.17) is 4.74 Å². The summed E-state index contributed by atoms with van der Waals surface area (Å²) in [6, 6.07) is 0.790. The highest BCUT2D eigenvalue weighted by molar-refractivity contribution is 5.70. The highest BCUT2D eigenvalue weighted by Crippen LogP contribution is 2.34. The molecule has 1 saturated carbocycles. The van der Waals surface area contributed by atoms with Crippen molar-refractivity contribution in [3.63, 3.8) is 0 Å². The number of likely N-dealkylation sites (N-methyl/N-ethyl adjacent to an activating group) is 1. The Balaban J connectivity index is 1.94. The van der Waals surface area contributed by atoms with Crippen LogP contribution in [0.2, 0.25) is 0 Å². The van der Waals surface area contributed by atoms with Gasteiger partial charge in [0.1, 0.15) is 0 Å². The molecule has 86 valence electrons. The molecule has 1 unspecified atom stereocenters. The highest BCUT2D eigenvalue weighted by atomic mass is 16.5. The van der Waals surface area contributed by atoms with E-state index in [1.807, 2.05) is 7.05 Å². The Labute approximate surface area is 91.0 Å². The predicted molar refractivity (Wildman–Crippen MR) is 57.6 cm³/mol. The molecule has 2 aliphatic rings. The molecular weight excluding hydrogens is 192 g/mol. The number of nitrogens with one attached hydrogen (secondary N) is 1. The molecule has 1 aliphatic heterocycles. The number of nitrogens with zero attached hydrogens (tertiary/aromatic N) is 1. The summed E-state index contributed by atoms with van der Waals surface area (Å²) in [6.45, 7) is 2.10. The van der Waals surface area contributed by atoms with Crippen LogP contribution in [0.15, 0.2) is 0 Å². The van der Waals surface area contributed by atoms with E-state index < -0.39 is 0 Å². The van der Waals surface area contributed by atoms with E-state index in [0.717, 1.165) is 25.6 Å². The highest BCUT2D eigenvalue weighted by Gasteiger charge is 2.43. The van der Waals surface area contributed by atoms with Crippen LogP contribution in [0.25, 0.3) is 0 Å². The molecule has 0 amide bonds. The van der Waals surface area contributed by atoms with E-state index in [2.05, 4.69) is 10.2 Å². The van der Waals surface area contributed by atoms with Gasteiger partial charge in [-0.2, -0.15) is 0 Å². The third-order valence-electron chi connectivity index (χ3n) is 3.69. The van der Waals surface area contributed by atoms with Gasteiger partial charge >= 0.3 is 5.97 Å². The van der Waals surface area contributed by atoms with E-state index in [1.54, 1.807) is 0 Å². The first-order chi connectivity index (χ1) is 7.19.